The maximum atomic E-state index is 4.70. The van der Waals surface area contributed by atoms with Crippen molar-refractivity contribution in [3.05, 3.63) is 102 Å². The van der Waals surface area contributed by atoms with Gasteiger partial charge in [0.2, 0.25) is 0 Å². The standard InChI is InChI=1S/C26H26N4/c1-3-9-21(10-4-1)19-25-23-13-7-8-14-24(23)26(28-27-25)30-17-15-29(16-18-30)20-22-11-5-2-6-12-22/h1-14H,15-20H2/p+1. The Balaban J connectivity index is 1.35. The van der Waals surface area contributed by atoms with Crippen LogP contribution in [0.5, 0.6) is 0 Å². The van der Waals surface area contributed by atoms with Gasteiger partial charge in [-0.3, -0.25) is 0 Å². The van der Waals surface area contributed by atoms with Crippen LogP contribution in [0.4, 0.5) is 5.82 Å². The highest BCUT2D eigenvalue weighted by Crippen LogP contribution is 2.27. The van der Waals surface area contributed by atoms with Gasteiger partial charge in [-0.2, -0.15) is 5.10 Å². The van der Waals surface area contributed by atoms with Gasteiger partial charge < -0.3 is 9.80 Å². The SMILES string of the molecule is c1ccc(Cc2nnc(N3CC[NH+](Cc4ccccc4)CC3)c3ccccc23)cc1. The monoisotopic (exact) mass is 395 g/mol. The Hall–Kier alpha value is -3.24. The molecule has 1 fully saturated rings. The molecule has 150 valence electrons. The van der Waals surface area contributed by atoms with E-state index in [9.17, 15) is 0 Å². The number of nitrogens with zero attached hydrogens (tertiary/aromatic N) is 3. The van der Waals surface area contributed by atoms with E-state index in [-0.39, 0.29) is 0 Å². The molecule has 0 amide bonds. The minimum Gasteiger partial charge on any atom is -0.343 e. The fourth-order valence-electron chi connectivity index (χ4n) is 4.39. The van der Waals surface area contributed by atoms with Gasteiger partial charge in [-0.25, -0.2) is 0 Å². The summed E-state index contributed by atoms with van der Waals surface area (Å²) in [6.07, 6.45) is 0.809. The molecule has 0 radical (unpaired) electrons. The van der Waals surface area contributed by atoms with Crippen molar-refractivity contribution in [2.45, 2.75) is 13.0 Å². The Morgan fingerprint density at radius 3 is 1.97 bits per heavy atom. The number of nitrogens with one attached hydrogen (secondary N) is 1. The van der Waals surface area contributed by atoms with E-state index in [1.165, 1.54) is 21.9 Å². The number of quaternary nitrogens is 1. The van der Waals surface area contributed by atoms with Crippen LogP contribution in [0.3, 0.4) is 0 Å². The van der Waals surface area contributed by atoms with Gasteiger partial charge in [-0.15, -0.1) is 5.10 Å². The van der Waals surface area contributed by atoms with Crippen LogP contribution >= 0.6 is 0 Å². The summed E-state index contributed by atoms with van der Waals surface area (Å²) in [5, 5.41) is 11.8. The first-order valence-corrected chi connectivity index (χ1v) is 10.8. The van der Waals surface area contributed by atoms with E-state index in [1.54, 1.807) is 4.90 Å². The molecule has 5 rings (SSSR count). The van der Waals surface area contributed by atoms with E-state index >= 15 is 0 Å². The van der Waals surface area contributed by atoms with Crippen LogP contribution in [-0.2, 0) is 13.0 Å². The zero-order valence-electron chi connectivity index (χ0n) is 17.2. The second-order valence-corrected chi connectivity index (χ2v) is 8.08. The molecule has 4 heteroatoms. The number of hydrogen-bond acceptors (Lipinski definition) is 3. The van der Waals surface area contributed by atoms with Crippen LogP contribution in [-0.4, -0.2) is 36.4 Å². The van der Waals surface area contributed by atoms with Crippen molar-refractivity contribution in [3.63, 3.8) is 0 Å². The number of aromatic nitrogens is 2. The summed E-state index contributed by atoms with van der Waals surface area (Å²) in [6.45, 7) is 5.36. The lowest BCUT2D eigenvalue weighted by Gasteiger charge is -2.33. The molecule has 0 unspecified atom stereocenters. The van der Waals surface area contributed by atoms with E-state index in [1.807, 2.05) is 0 Å². The largest absolute Gasteiger partial charge is 0.343 e. The van der Waals surface area contributed by atoms with Crippen LogP contribution in [0.15, 0.2) is 84.9 Å². The number of rotatable bonds is 5. The topological polar surface area (TPSA) is 33.5 Å². The lowest BCUT2D eigenvalue weighted by molar-refractivity contribution is -0.914. The predicted octanol–water partition coefficient (Wildman–Crippen LogP) is 3.13. The van der Waals surface area contributed by atoms with Crippen LogP contribution in [0.2, 0.25) is 0 Å². The number of anilines is 1. The van der Waals surface area contributed by atoms with Gasteiger partial charge in [0, 0.05) is 22.8 Å². The molecule has 2 heterocycles. The van der Waals surface area contributed by atoms with Crippen molar-refractivity contribution in [1.82, 2.24) is 10.2 Å². The highest BCUT2D eigenvalue weighted by Gasteiger charge is 2.23. The van der Waals surface area contributed by atoms with Crippen molar-refractivity contribution in [1.29, 1.82) is 0 Å². The second-order valence-electron chi connectivity index (χ2n) is 8.08. The fourth-order valence-corrected chi connectivity index (χ4v) is 4.39. The molecule has 4 aromatic rings. The highest BCUT2D eigenvalue weighted by molar-refractivity contribution is 5.93. The van der Waals surface area contributed by atoms with Gasteiger partial charge in [0.05, 0.1) is 31.9 Å². The lowest BCUT2D eigenvalue weighted by Crippen LogP contribution is -3.13. The smallest absolute Gasteiger partial charge is 0.159 e. The molecule has 0 spiro atoms. The van der Waals surface area contributed by atoms with Gasteiger partial charge in [-0.05, 0) is 5.56 Å². The molecular weight excluding hydrogens is 368 g/mol. The summed E-state index contributed by atoms with van der Waals surface area (Å²) in [7, 11) is 0. The van der Waals surface area contributed by atoms with E-state index in [0.29, 0.717) is 0 Å². The molecule has 1 N–H and O–H groups in total. The van der Waals surface area contributed by atoms with Gasteiger partial charge in [0.1, 0.15) is 6.54 Å². The third-order valence-electron chi connectivity index (χ3n) is 6.03. The average Bonchev–Trinajstić information content (AvgIpc) is 2.81. The van der Waals surface area contributed by atoms with Crippen LogP contribution in [0.1, 0.15) is 16.8 Å². The second kappa shape index (κ2) is 8.64. The van der Waals surface area contributed by atoms with E-state index in [2.05, 4.69) is 94.9 Å². The maximum absolute atomic E-state index is 4.70. The molecule has 1 aliphatic rings. The third-order valence-corrected chi connectivity index (χ3v) is 6.03. The molecule has 3 aromatic carbocycles. The number of hydrogen-bond donors (Lipinski definition) is 1. The molecule has 1 aliphatic heterocycles. The summed E-state index contributed by atoms with van der Waals surface area (Å²) in [4.78, 5) is 4.05. The van der Waals surface area contributed by atoms with Crippen LogP contribution < -0.4 is 9.80 Å². The summed E-state index contributed by atoms with van der Waals surface area (Å²) in [5.41, 5.74) is 3.73. The Morgan fingerprint density at radius 2 is 1.27 bits per heavy atom. The molecule has 0 bridgehead atoms. The molecule has 0 saturated carbocycles. The zero-order valence-corrected chi connectivity index (χ0v) is 17.2. The average molecular weight is 396 g/mol. The molecular formula is C26H27N4+. The lowest BCUT2D eigenvalue weighted by atomic mass is 10.0. The Morgan fingerprint density at radius 1 is 0.667 bits per heavy atom. The molecule has 0 atom stereocenters. The Kier molecular flexibility index (Phi) is 5.40. The summed E-state index contributed by atoms with van der Waals surface area (Å²) >= 11 is 0. The molecule has 0 aliphatic carbocycles. The minimum atomic E-state index is 0.809. The highest BCUT2D eigenvalue weighted by atomic mass is 15.3. The minimum absolute atomic E-state index is 0.809. The predicted molar refractivity (Wildman–Crippen MR) is 122 cm³/mol. The van der Waals surface area contributed by atoms with Gasteiger partial charge in [0.15, 0.2) is 5.82 Å². The van der Waals surface area contributed by atoms with Crippen molar-refractivity contribution < 1.29 is 4.90 Å². The maximum Gasteiger partial charge on any atom is 0.159 e. The first kappa shape index (κ1) is 18.8. The summed E-state index contributed by atoms with van der Waals surface area (Å²) in [5.74, 6) is 1.03. The Bertz CT molecular complexity index is 1100. The summed E-state index contributed by atoms with van der Waals surface area (Å²) < 4.78 is 0. The van der Waals surface area contributed by atoms with Crippen molar-refractivity contribution in [3.8, 4) is 0 Å². The zero-order chi connectivity index (χ0) is 20.2. The molecule has 4 nitrogen and oxygen atoms in total. The van der Waals surface area contributed by atoms with Crippen molar-refractivity contribution >= 4 is 16.6 Å². The van der Waals surface area contributed by atoms with E-state index in [4.69, 9.17) is 5.10 Å². The first-order valence-electron chi connectivity index (χ1n) is 10.8. The fraction of sp³-hybridized carbons (Fsp3) is 0.231. The number of benzene rings is 3. The quantitative estimate of drug-likeness (QED) is 0.564. The van der Waals surface area contributed by atoms with Gasteiger partial charge in [-0.1, -0.05) is 84.9 Å². The van der Waals surface area contributed by atoms with Crippen LogP contribution in [0.25, 0.3) is 10.8 Å². The van der Waals surface area contributed by atoms with Gasteiger partial charge in [0.25, 0.3) is 0 Å². The van der Waals surface area contributed by atoms with Crippen molar-refractivity contribution in [2.24, 2.45) is 0 Å². The summed E-state index contributed by atoms with van der Waals surface area (Å²) in [6, 6.07) is 29.9. The molecule has 30 heavy (non-hydrogen) atoms. The normalized spacial score (nSPS) is 14.9. The molecule has 1 saturated heterocycles. The van der Waals surface area contributed by atoms with Crippen LogP contribution in [0, 0.1) is 0 Å². The van der Waals surface area contributed by atoms with Gasteiger partial charge >= 0.3 is 0 Å². The Labute approximate surface area is 177 Å². The number of fused-ring (bicyclic) bond motifs is 1. The third kappa shape index (κ3) is 4.05. The molecule has 1 aromatic heterocycles. The van der Waals surface area contributed by atoms with E-state index < -0.39 is 0 Å². The van der Waals surface area contributed by atoms with Crippen molar-refractivity contribution in [2.75, 3.05) is 31.1 Å². The van der Waals surface area contributed by atoms with E-state index in [0.717, 1.165) is 50.7 Å². The first-order chi connectivity index (χ1) is 14.9. The number of piperazine rings is 1.